The summed E-state index contributed by atoms with van der Waals surface area (Å²) in [6.45, 7) is 6.31. The quantitative estimate of drug-likeness (QED) is 0.293. The zero-order valence-corrected chi connectivity index (χ0v) is 38.4. The molecule has 8 nitrogen and oxygen atoms in total. The van der Waals surface area contributed by atoms with Gasteiger partial charge in [0.2, 0.25) is 0 Å². The third kappa shape index (κ3) is 5.02. The molecule has 65 heavy (non-hydrogen) atoms. The Labute approximate surface area is 384 Å². The lowest BCUT2D eigenvalue weighted by Gasteiger charge is -2.71. The normalized spacial score (nSPS) is 42.0. The van der Waals surface area contributed by atoms with Crippen molar-refractivity contribution in [3.63, 3.8) is 0 Å². The summed E-state index contributed by atoms with van der Waals surface area (Å²) in [7, 11) is 0. The molecule has 3 N–H and O–H groups in total. The van der Waals surface area contributed by atoms with Gasteiger partial charge < -0.3 is 25.2 Å². The molecular weight excluding hydrogens is 807 g/mol. The highest BCUT2D eigenvalue weighted by molar-refractivity contribution is 6.00. The Morgan fingerprint density at radius 3 is 2.62 bits per heavy atom. The Bertz CT molecular complexity index is 2560. The first-order chi connectivity index (χ1) is 31.8. The van der Waals surface area contributed by atoms with Crippen molar-refractivity contribution in [2.75, 3.05) is 26.2 Å². The van der Waals surface area contributed by atoms with Gasteiger partial charge in [-0.3, -0.25) is 9.69 Å². The molecule has 2 aromatic rings. The molecule has 9 heterocycles. The molecule has 6 aliphatic carbocycles. The summed E-state index contributed by atoms with van der Waals surface area (Å²) < 4.78 is 14.3. The molecule has 5 fully saturated rings. The fourth-order valence-electron chi connectivity index (χ4n) is 18.5. The Kier molecular flexibility index (Phi) is 8.73. The van der Waals surface area contributed by atoms with Crippen LogP contribution in [0.5, 0.6) is 0 Å². The Hall–Kier alpha value is -4.14. The van der Waals surface area contributed by atoms with E-state index in [0.717, 1.165) is 87.7 Å². The first-order valence-corrected chi connectivity index (χ1v) is 26.2. The van der Waals surface area contributed by atoms with Crippen molar-refractivity contribution in [2.45, 2.75) is 140 Å². The van der Waals surface area contributed by atoms with Gasteiger partial charge in [-0.25, -0.2) is 4.79 Å². The Morgan fingerprint density at radius 1 is 0.892 bits per heavy atom. The summed E-state index contributed by atoms with van der Waals surface area (Å²) in [5.74, 6) is 2.49. The number of aliphatic hydroxyl groups is 1. The minimum atomic E-state index is -1.16. The van der Waals surface area contributed by atoms with Crippen LogP contribution in [0.25, 0.3) is 0 Å². The van der Waals surface area contributed by atoms with Gasteiger partial charge in [0.05, 0.1) is 11.0 Å². The topological polar surface area (TPSA) is 105 Å². The van der Waals surface area contributed by atoms with Crippen molar-refractivity contribution in [2.24, 2.45) is 58.0 Å². The molecule has 12 atom stereocenters. The number of carbonyl (C=O) groups is 2. The molecule has 2 aromatic carbocycles. The number of piperidine rings is 2. The number of hydrogen-bond acceptors (Lipinski definition) is 8. The number of carbonyl (C=O) groups excluding carboxylic acids is 2. The minimum Gasteiger partial charge on any atom is -0.509 e. The van der Waals surface area contributed by atoms with Crippen molar-refractivity contribution >= 4 is 11.9 Å². The van der Waals surface area contributed by atoms with Gasteiger partial charge >= 0.3 is 11.9 Å². The summed E-state index contributed by atoms with van der Waals surface area (Å²) in [4.78, 5) is 37.0. The number of nitrogens with two attached hydrogens (primary N) is 1. The molecule has 15 bridgehead atoms. The van der Waals surface area contributed by atoms with E-state index >= 15 is 4.79 Å². The van der Waals surface area contributed by atoms with Gasteiger partial charge in [-0.05, 0) is 148 Å². The van der Waals surface area contributed by atoms with E-state index < -0.39 is 16.4 Å². The number of aliphatic hydroxyl groups excluding tert-OH is 1. The highest BCUT2D eigenvalue weighted by Gasteiger charge is 2.93. The van der Waals surface area contributed by atoms with E-state index in [9.17, 15) is 9.90 Å². The number of allylic oxidation sites excluding steroid dienone is 4. The van der Waals surface area contributed by atoms with Gasteiger partial charge in [0.25, 0.3) is 0 Å². The van der Waals surface area contributed by atoms with Crippen molar-refractivity contribution < 1.29 is 24.2 Å². The van der Waals surface area contributed by atoms with Crippen LogP contribution in [0, 0.1) is 52.3 Å². The number of rotatable bonds is 4. The van der Waals surface area contributed by atoms with Gasteiger partial charge in [-0.1, -0.05) is 91.4 Å². The number of nitrogens with zero attached hydrogens (tertiary/aromatic N) is 2. The van der Waals surface area contributed by atoms with Crippen LogP contribution in [0.1, 0.15) is 136 Å². The SMILES string of the molecule is C[C@@H]1CC2=C3[C@@H]4C5=C6C=C(Cc7cccc(c7)CCCC[C@H]7[C@]68C(=O)O/C(=C(\O)C[C@H](C6CCCC6)N6C[C@H]9C[C@@H](C6)[C@@H](CC2)N3C9)[C@@]8(CC5)[C@]72OC(=O)c3c(CCCN)cccc32)[C@@H]41. The number of benzene rings is 2. The van der Waals surface area contributed by atoms with Gasteiger partial charge in [0, 0.05) is 61.2 Å². The highest BCUT2D eigenvalue weighted by Crippen LogP contribution is 2.87. The van der Waals surface area contributed by atoms with E-state index in [4.69, 9.17) is 15.2 Å². The van der Waals surface area contributed by atoms with Crippen LogP contribution in [0.4, 0.5) is 0 Å². The zero-order chi connectivity index (χ0) is 43.6. The van der Waals surface area contributed by atoms with Crippen LogP contribution in [0.15, 0.2) is 88.0 Å². The van der Waals surface area contributed by atoms with Crippen LogP contribution in [-0.2, 0) is 39.1 Å². The third-order valence-corrected chi connectivity index (χ3v) is 20.5. The maximum atomic E-state index is 16.2. The predicted molar refractivity (Wildman–Crippen MR) is 248 cm³/mol. The summed E-state index contributed by atoms with van der Waals surface area (Å²) >= 11 is 0. The number of esters is 2. The molecule has 2 saturated carbocycles. The monoisotopic (exact) mass is 874 g/mol. The molecule has 9 aliphatic heterocycles. The fourth-order valence-corrected chi connectivity index (χ4v) is 18.5. The number of aryl methyl sites for hydroxylation is 2. The van der Waals surface area contributed by atoms with Crippen LogP contribution in [0.3, 0.4) is 0 Å². The average molecular weight is 874 g/mol. The van der Waals surface area contributed by atoms with E-state index in [2.05, 4.69) is 65.3 Å². The van der Waals surface area contributed by atoms with Crippen LogP contribution in [0.2, 0.25) is 0 Å². The molecule has 0 amide bonds. The zero-order valence-electron chi connectivity index (χ0n) is 38.4. The smallest absolute Gasteiger partial charge is 0.339 e. The summed E-state index contributed by atoms with van der Waals surface area (Å²) in [5.41, 5.74) is 15.4. The summed E-state index contributed by atoms with van der Waals surface area (Å²) in [6.07, 6.45) is 19.9. The molecule has 0 radical (unpaired) electrons. The van der Waals surface area contributed by atoms with Crippen LogP contribution < -0.4 is 5.73 Å². The maximum Gasteiger partial charge on any atom is 0.339 e. The molecule has 340 valence electrons. The van der Waals surface area contributed by atoms with E-state index in [1.54, 1.807) is 11.3 Å². The summed E-state index contributed by atoms with van der Waals surface area (Å²) in [6, 6.07) is 16.4. The van der Waals surface area contributed by atoms with Crippen molar-refractivity contribution in [3.8, 4) is 0 Å². The van der Waals surface area contributed by atoms with E-state index in [1.807, 2.05) is 0 Å². The van der Waals surface area contributed by atoms with E-state index in [1.165, 1.54) is 67.2 Å². The van der Waals surface area contributed by atoms with Gasteiger partial charge in [0.15, 0.2) is 11.4 Å². The minimum absolute atomic E-state index is 0.171. The predicted octanol–water partition coefficient (Wildman–Crippen LogP) is 9.78. The van der Waals surface area contributed by atoms with Gasteiger partial charge in [-0.15, -0.1) is 0 Å². The molecular formula is C57H67N3O5. The molecule has 1 unspecified atom stereocenters. The second-order valence-electron chi connectivity index (χ2n) is 23.3. The van der Waals surface area contributed by atoms with E-state index in [-0.39, 0.29) is 35.6 Å². The molecule has 3 spiro atoms. The highest BCUT2D eigenvalue weighted by atomic mass is 16.6. The fraction of sp³-hybridized carbons (Fsp3) is 0.614. The number of fused-ring (bicyclic) bond motifs is 6. The average Bonchev–Trinajstić information content (AvgIpc) is 4.01. The number of hydrogen-bond donors (Lipinski definition) is 2. The second kappa shape index (κ2) is 14.2. The van der Waals surface area contributed by atoms with Crippen molar-refractivity contribution in [1.29, 1.82) is 0 Å². The molecule has 8 heteroatoms. The van der Waals surface area contributed by atoms with E-state index in [0.29, 0.717) is 72.8 Å². The summed E-state index contributed by atoms with van der Waals surface area (Å²) in [5, 5.41) is 13.3. The first kappa shape index (κ1) is 40.0. The van der Waals surface area contributed by atoms with Crippen molar-refractivity contribution in [3.05, 3.63) is 116 Å². The Balaban J connectivity index is 1.08. The molecule has 15 aliphatic rings. The molecule has 0 aromatic heterocycles. The van der Waals surface area contributed by atoms with Crippen LogP contribution in [-0.4, -0.2) is 65.1 Å². The molecule has 3 saturated heterocycles. The Morgan fingerprint density at radius 2 is 1.74 bits per heavy atom. The second-order valence-corrected chi connectivity index (χ2v) is 23.3. The van der Waals surface area contributed by atoms with Gasteiger partial charge in [0.1, 0.15) is 11.2 Å². The lowest BCUT2D eigenvalue weighted by atomic mass is 9.29. The lowest BCUT2D eigenvalue weighted by molar-refractivity contribution is -0.276. The number of ether oxygens (including phenoxy) is 2. The molecule has 17 rings (SSSR count). The standard InChI is InChI=1S/C57H67N3O5/c1-32-23-38-18-19-44-40-26-35-29-59(31-40)45(36-12-3-4-13-36)28-46(61)52-55-21-20-41-43-27-39(48(32)50(41)51(38)60(44)30-35)25-34-11-6-10-33(24-34)9-2-5-17-47(56(43,55)54(63)64-52)57(55)42-16-7-14-37(15-8-22-58)49(42)53(62)65-57/h6-7,10-11,14,16,24,27,32,35-36,40,44-45,47-48,50,61H,2-5,8-9,12-13,15,17-23,25-26,28-31,58H2,1H3/b52-46-/t32-,35-,40+,44-,45-,47+,48+,50-,55-,56+,57-/m1/s1. The van der Waals surface area contributed by atoms with Crippen LogP contribution >= 0.6 is 0 Å². The maximum absolute atomic E-state index is 16.2. The lowest BCUT2D eigenvalue weighted by Crippen LogP contribution is -2.77. The third-order valence-electron chi connectivity index (χ3n) is 20.5. The van der Waals surface area contributed by atoms with Gasteiger partial charge in [-0.2, -0.15) is 0 Å². The van der Waals surface area contributed by atoms with Crippen molar-refractivity contribution in [1.82, 2.24) is 9.80 Å². The largest absolute Gasteiger partial charge is 0.509 e. The first-order valence-electron chi connectivity index (χ1n) is 26.2.